The molecule has 1 saturated heterocycles. The number of Topliss-reactive ketones (excluding diaryl/α,β-unsaturated/α-hetero) is 1. The van der Waals surface area contributed by atoms with Crippen molar-refractivity contribution in [3.63, 3.8) is 0 Å². The molecule has 2 N–H and O–H groups in total. The number of carbonyl (C=O) groups is 2. The van der Waals surface area contributed by atoms with Crippen LogP contribution in [0.4, 0.5) is 5.69 Å². The average molecular weight is 469 g/mol. The Morgan fingerprint density at radius 2 is 1.91 bits per heavy atom. The number of hydrogen-bond donors (Lipinski definition) is 1. The van der Waals surface area contributed by atoms with Gasteiger partial charge in [-0.05, 0) is 35.9 Å². The molecule has 35 heavy (non-hydrogen) atoms. The fourth-order valence-electron chi connectivity index (χ4n) is 4.87. The number of methoxy groups -OCH3 is 1. The van der Waals surface area contributed by atoms with Gasteiger partial charge in [-0.2, -0.15) is 10.5 Å². The lowest BCUT2D eigenvalue weighted by atomic mass is 9.67. The van der Waals surface area contributed by atoms with Crippen LogP contribution >= 0.6 is 0 Å². The number of nitrogens with two attached hydrogens (primary N) is 1. The molecule has 174 valence electrons. The molecule has 0 saturated carbocycles. The van der Waals surface area contributed by atoms with E-state index >= 15 is 0 Å². The van der Waals surface area contributed by atoms with Gasteiger partial charge in [-0.3, -0.25) is 19.7 Å². The summed E-state index contributed by atoms with van der Waals surface area (Å²) in [6.45, 7) is 0. The van der Waals surface area contributed by atoms with Gasteiger partial charge in [0, 0.05) is 29.8 Å². The number of nitro benzene ring substituents is 1. The maximum Gasteiger partial charge on any atom is 0.269 e. The van der Waals surface area contributed by atoms with E-state index in [2.05, 4.69) is 0 Å². The number of nitriles is 2. The smallest absolute Gasteiger partial charge is 0.269 e. The third-order valence-corrected chi connectivity index (χ3v) is 6.47. The van der Waals surface area contributed by atoms with Gasteiger partial charge in [-0.15, -0.1) is 0 Å². The molecule has 2 heterocycles. The second-order valence-electron chi connectivity index (χ2n) is 8.16. The average Bonchev–Trinajstić information content (AvgIpc) is 3.18. The second-order valence-corrected chi connectivity index (χ2v) is 8.16. The number of ketones is 1. The molecule has 2 aliphatic rings. The van der Waals surface area contributed by atoms with Gasteiger partial charge in [0.15, 0.2) is 11.2 Å². The van der Waals surface area contributed by atoms with E-state index in [4.69, 9.17) is 10.5 Å². The number of hydrogen-bond acceptors (Lipinski definition) is 8. The van der Waals surface area contributed by atoms with Crippen molar-refractivity contribution < 1.29 is 19.2 Å². The Hall–Kier alpha value is -4.96. The van der Waals surface area contributed by atoms with Crippen molar-refractivity contribution >= 4 is 17.4 Å². The minimum absolute atomic E-state index is 0.213. The van der Waals surface area contributed by atoms with E-state index in [1.165, 1.54) is 54.6 Å². The quantitative estimate of drug-likeness (QED) is 0.383. The second kappa shape index (κ2) is 8.76. The number of amides is 1. The first kappa shape index (κ1) is 23.2. The Kier molecular flexibility index (Phi) is 5.81. The molecular weight excluding hydrogens is 450 g/mol. The monoisotopic (exact) mass is 469 g/mol. The highest BCUT2D eigenvalue weighted by molar-refractivity contribution is 6.03. The van der Waals surface area contributed by atoms with E-state index in [1.807, 2.05) is 12.1 Å². The molecule has 10 nitrogen and oxygen atoms in total. The van der Waals surface area contributed by atoms with Crippen LogP contribution in [0.5, 0.6) is 5.75 Å². The molecule has 2 aromatic carbocycles. The van der Waals surface area contributed by atoms with Gasteiger partial charge < -0.3 is 15.4 Å². The van der Waals surface area contributed by atoms with Crippen molar-refractivity contribution in [3.8, 4) is 17.9 Å². The van der Waals surface area contributed by atoms with Crippen LogP contribution in [0.15, 0.2) is 72.5 Å². The zero-order valence-electron chi connectivity index (χ0n) is 18.5. The number of non-ortho nitro benzene ring substituents is 1. The summed E-state index contributed by atoms with van der Waals surface area (Å²) in [5.41, 5.74) is 4.32. The largest absolute Gasteiger partial charge is 0.497 e. The van der Waals surface area contributed by atoms with E-state index in [-0.39, 0.29) is 22.4 Å². The van der Waals surface area contributed by atoms with Gasteiger partial charge in [0.2, 0.25) is 5.91 Å². The topological polar surface area (TPSA) is 163 Å². The highest BCUT2D eigenvalue weighted by Crippen LogP contribution is 2.54. The molecular formula is C25H19N5O5. The van der Waals surface area contributed by atoms with Crippen molar-refractivity contribution in [1.29, 1.82) is 10.5 Å². The predicted molar refractivity (Wildman–Crippen MR) is 123 cm³/mol. The third-order valence-electron chi connectivity index (χ3n) is 6.47. The Morgan fingerprint density at radius 1 is 1.20 bits per heavy atom. The van der Waals surface area contributed by atoms with E-state index in [1.54, 1.807) is 24.3 Å². The van der Waals surface area contributed by atoms with Crippen LogP contribution in [0.25, 0.3) is 0 Å². The lowest BCUT2D eigenvalue weighted by molar-refractivity contribution is -0.384. The summed E-state index contributed by atoms with van der Waals surface area (Å²) in [6.07, 6.45) is 4.38. The Labute approximate surface area is 200 Å². The van der Waals surface area contributed by atoms with Crippen LogP contribution in [-0.4, -0.2) is 40.7 Å². The Morgan fingerprint density at radius 3 is 2.49 bits per heavy atom. The third kappa shape index (κ3) is 3.58. The molecule has 1 amide bonds. The zero-order chi connectivity index (χ0) is 25.3. The fraction of sp³-hybridized carbons (Fsp3) is 0.200. The van der Waals surface area contributed by atoms with Crippen molar-refractivity contribution in [2.45, 2.75) is 18.0 Å². The summed E-state index contributed by atoms with van der Waals surface area (Å²) < 4.78 is 5.15. The predicted octanol–water partition coefficient (Wildman–Crippen LogP) is 2.60. The molecule has 2 aliphatic heterocycles. The number of benzene rings is 2. The van der Waals surface area contributed by atoms with Crippen molar-refractivity contribution in [2.24, 2.45) is 11.1 Å². The molecule has 1 fully saturated rings. The fourth-order valence-corrected chi connectivity index (χ4v) is 4.87. The first-order chi connectivity index (χ1) is 16.8. The number of nitro groups is 1. The molecule has 0 unspecified atom stereocenters. The normalized spacial score (nSPS) is 24.5. The van der Waals surface area contributed by atoms with Gasteiger partial charge in [0.25, 0.3) is 5.69 Å². The standard InChI is InChI=1S/C25H19N5O5/c1-35-19-8-6-16(7-9-19)23(31)22-21(17-3-2-4-18(11-17)30(33)34)25(14-27,24(28)32)20-10-5-15(12-26)13-29(20)22/h2-11,13,20-22H,1H3,(H2,28,32)/t20-,21-,22+,25-/m0/s1. The number of fused-ring (bicyclic) bond motifs is 1. The van der Waals surface area contributed by atoms with Crippen LogP contribution in [0.3, 0.4) is 0 Å². The van der Waals surface area contributed by atoms with E-state index in [9.17, 15) is 30.2 Å². The highest BCUT2D eigenvalue weighted by Gasteiger charge is 2.65. The summed E-state index contributed by atoms with van der Waals surface area (Å²) in [5.74, 6) is -2.06. The van der Waals surface area contributed by atoms with Crippen molar-refractivity contribution in [2.75, 3.05) is 7.11 Å². The summed E-state index contributed by atoms with van der Waals surface area (Å²) >= 11 is 0. The van der Waals surface area contributed by atoms with Crippen LogP contribution in [-0.2, 0) is 4.79 Å². The number of allylic oxidation sites excluding steroid dienone is 2. The number of carbonyl (C=O) groups excluding carboxylic acids is 2. The summed E-state index contributed by atoms with van der Waals surface area (Å²) in [4.78, 5) is 39.2. The maximum absolute atomic E-state index is 13.9. The van der Waals surface area contributed by atoms with Gasteiger partial charge >= 0.3 is 0 Å². The lowest BCUT2D eigenvalue weighted by Gasteiger charge is -2.31. The van der Waals surface area contributed by atoms with Gasteiger partial charge in [0.05, 0.1) is 29.7 Å². The van der Waals surface area contributed by atoms with Gasteiger partial charge in [-0.1, -0.05) is 18.2 Å². The number of ether oxygens (including phenoxy) is 1. The van der Waals surface area contributed by atoms with E-state index in [0.29, 0.717) is 5.75 Å². The van der Waals surface area contributed by atoms with Crippen LogP contribution < -0.4 is 10.5 Å². The molecule has 4 atom stereocenters. The molecule has 0 bridgehead atoms. The van der Waals surface area contributed by atoms with Crippen molar-refractivity contribution in [1.82, 2.24) is 4.90 Å². The molecule has 4 rings (SSSR count). The van der Waals surface area contributed by atoms with E-state index in [0.717, 1.165) is 0 Å². The van der Waals surface area contributed by atoms with Crippen LogP contribution in [0.1, 0.15) is 21.8 Å². The molecule has 0 aliphatic carbocycles. The minimum Gasteiger partial charge on any atom is -0.497 e. The van der Waals surface area contributed by atoms with Crippen LogP contribution in [0.2, 0.25) is 0 Å². The Bertz CT molecular complexity index is 1370. The molecule has 0 spiro atoms. The highest BCUT2D eigenvalue weighted by atomic mass is 16.6. The number of rotatable bonds is 6. The summed E-state index contributed by atoms with van der Waals surface area (Å²) in [5, 5.41) is 31.3. The van der Waals surface area contributed by atoms with Crippen LogP contribution in [0, 0.1) is 38.2 Å². The summed E-state index contributed by atoms with van der Waals surface area (Å²) in [6, 6.07) is 13.7. The SMILES string of the molecule is COc1ccc(C(=O)[C@H]2[C@H](c3cccc([N+](=O)[O-])c3)[C@@](C#N)(C(N)=O)[C@@H]3C=CC(C#N)=CN32)cc1. The molecule has 0 radical (unpaired) electrons. The summed E-state index contributed by atoms with van der Waals surface area (Å²) in [7, 11) is 1.49. The molecule has 2 aromatic rings. The first-order valence-corrected chi connectivity index (χ1v) is 10.5. The number of nitrogens with zero attached hydrogens (tertiary/aromatic N) is 4. The maximum atomic E-state index is 13.9. The zero-order valence-corrected chi connectivity index (χ0v) is 18.5. The van der Waals surface area contributed by atoms with Gasteiger partial charge in [-0.25, -0.2) is 0 Å². The van der Waals surface area contributed by atoms with Gasteiger partial charge in [0.1, 0.15) is 17.9 Å². The Balaban J connectivity index is 1.98. The lowest BCUT2D eigenvalue weighted by Crippen LogP contribution is -2.47. The van der Waals surface area contributed by atoms with Crippen molar-refractivity contribution in [3.05, 3.63) is 93.7 Å². The van der Waals surface area contributed by atoms with E-state index < -0.39 is 40.0 Å². The molecule has 10 heteroatoms. The first-order valence-electron chi connectivity index (χ1n) is 10.5. The number of primary amides is 1. The molecule has 0 aromatic heterocycles. The minimum atomic E-state index is -1.95.